The van der Waals surface area contributed by atoms with E-state index in [2.05, 4.69) is 13.5 Å². The van der Waals surface area contributed by atoms with Crippen LogP contribution in [0.15, 0.2) is 24.9 Å². The molecule has 2 saturated heterocycles. The number of piperidine rings is 2. The summed E-state index contributed by atoms with van der Waals surface area (Å²) in [5.41, 5.74) is -0.860. The minimum absolute atomic E-state index is 0.168. The Bertz CT molecular complexity index is 545. The third kappa shape index (κ3) is 3.81. The molecule has 0 radical (unpaired) electrons. The van der Waals surface area contributed by atoms with E-state index in [1.54, 1.807) is 0 Å². The number of amides is 2. The molecule has 0 aromatic rings. The van der Waals surface area contributed by atoms with Crippen molar-refractivity contribution < 1.29 is 14.8 Å². The van der Waals surface area contributed by atoms with Crippen molar-refractivity contribution in [3.05, 3.63) is 24.9 Å². The summed E-state index contributed by atoms with van der Waals surface area (Å²) in [6.45, 7) is 9.01. The molecule has 2 fully saturated rings. The molecule has 2 aliphatic heterocycles. The van der Waals surface area contributed by atoms with Gasteiger partial charge in [0.1, 0.15) is 0 Å². The highest BCUT2D eigenvalue weighted by Gasteiger charge is 2.42. The van der Waals surface area contributed by atoms with E-state index in [1.165, 1.54) is 0 Å². The Balaban J connectivity index is 2.09. The van der Waals surface area contributed by atoms with Crippen LogP contribution in [0.5, 0.6) is 0 Å². The van der Waals surface area contributed by atoms with Crippen molar-refractivity contribution in [2.45, 2.75) is 65.2 Å². The second-order valence-electron chi connectivity index (χ2n) is 7.48. The van der Waals surface area contributed by atoms with E-state index in [-0.39, 0.29) is 17.2 Å². The smallest absolute Gasteiger partial charge is 0.252 e. The van der Waals surface area contributed by atoms with Crippen molar-refractivity contribution in [3.8, 4) is 0 Å². The average molecular weight is 348 g/mol. The third-order valence-electron chi connectivity index (χ3n) is 6.16. The van der Waals surface area contributed by atoms with E-state index < -0.39 is 5.41 Å². The summed E-state index contributed by atoms with van der Waals surface area (Å²) in [7, 11) is 0. The zero-order valence-electron chi connectivity index (χ0n) is 15.7. The molecule has 2 aliphatic rings. The molecule has 0 bridgehead atoms. The first-order chi connectivity index (χ1) is 11.9. The van der Waals surface area contributed by atoms with Gasteiger partial charge >= 0.3 is 0 Å². The lowest BCUT2D eigenvalue weighted by Crippen LogP contribution is -2.47. The molecule has 2 amide bonds. The Kier molecular flexibility index (Phi) is 6.44. The van der Waals surface area contributed by atoms with E-state index in [0.29, 0.717) is 25.8 Å². The minimum Gasteiger partial charge on any atom is -0.319 e. The Morgan fingerprint density at radius 1 is 1.04 bits per heavy atom. The number of rotatable bonds is 7. The van der Waals surface area contributed by atoms with Crippen LogP contribution in [0.2, 0.25) is 0 Å². The maximum absolute atomic E-state index is 12.9. The van der Waals surface area contributed by atoms with Gasteiger partial charge < -0.3 is 4.90 Å². The Morgan fingerprint density at radius 2 is 1.64 bits per heavy atom. The van der Waals surface area contributed by atoms with Crippen LogP contribution in [-0.2, 0) is 9.59 Å². The molecule has 1 N–H and O–H groups in total. The fraction of sp³-hybridized carbons (Fsp3) is 0.700. The summed E-state index contributed by atoms with van der Waals surface area (Å²) in [5, 5.41) is 10.6. The largest absolute Gasteiger partial charge is 0.319 e. The molecule has 25 heavy (non-hydrogen) atoms. The first kappa shape index (κ1) is 19.7. The van der Waals surface area contributed by atoms with Crippen LogP contribution in [0.4, 0.5) is 0 Å². The highest BCUT2D eigenvalue weighted by molar-refractivity contribution is 5.85. The number of carbonyl (C=O) groups is 2. The van der Waals surface area contributed by atoms with Gasteiger partial charge in [-0.1, -0.05) is 26.0 Å². The molecule has 2 atom stereocenters. The number of likely N-dealkylation sites (tertiary alicyclic amines) is 1. The van der Waals surface area contributed by atoms with Crippen LogP contribution in [0.3, 0.4) is 0 Å². The molecule has 0 aromatic carbocycles. The van der Waals surface area contributed by atoms with Gasteiger partial charge in [-0.25, -0.2) is 5.06 Å². The monoisotopic (exact) mass is 348 g/mol. The second kappa shape index (κ2) is 8.17. The maximum atomic E-state index is 12.9. The number of hydrogen-bond acceptors (Lipinski definition) is 3. The van der Waals surface area contributed by atoms with Crippen LogP contribution in [0.1, 0.15) is 65.2 Å². The SMILES string of the molecule is C=CC[C@]1(CC)CCCN(/C=C/C[C@]2(CC)CCCN(O)C2=O)C1=O. The van der Waals surface area contributed by atoms with E-state index in [0.717, 1.165) is 43.7 Å². The molecule has 5 nitrogen and oxygen atoms in total. The molecule has 0 spiro atoms. The normalized spacial score (nSPS) is 31.0. The maximum Gasteiger partial charge on any atom is 0.252 e. The van der Waals surface area contributed by atoms with Gasteiger partial charge in [0.15, 0.2) is 0 Å². The summed E-state index contributed by atoms with van der Waals surface area (Å²) in [6, 6.07) is 0. The quantitative estimate of drug-likeness (QED) is 0.561. The van der Waals surface area contributed by atoms with Gasteiger partial charge in [-0.05, 0) is 51.4 Å². The van der Waals surface area contributed by atoms with Crippen LogP contribution < -0.4 is 0 Å². The van der Waals surface area contributed by atoms with Crippen LogP contribution in [0, 0.1) is 10.8 Å². The third-order valence-corrected chi connectivity index (χ3v) is 6.16. The van der Waals surface area contributed by atoms with E-state index in [4.69, 9.17) is 0 Å². The minimum atomic E-state index is -0.536. The summed E-state index contributed by atoms with van der Waals surface area (Å²) >= 11 is 0. The number of nitrogens with zero attached hydrogens (tertiary/aromatic N) is 2. The van der Waals surface area contributed by atoms with Crippen LogP contribution in [0.25, 0.3) is 0 Å². The van der Waals surface area contributed by atoms with Crippen molar-refractivity contribution in [2.24, 2.45) is 10.8 Å². The van der Waals surface area contributed by atoms with Gasteiger partial charge in [0, 0.05) is 19.3 Å². The lowest BCUT2D eigenvalue weighted by atomic mass is 9.74. The van der Waals surface area contributed by atoms with Gasteiger partial charge in [-0.3, -0.25) is 14.8 Å². The zero-order valence-corrected chi connectivity index (χ0v) is 15.7. The van der Waals surface area contributed by atoms with E-state index in [1.807, 2.05) is 30.2 Å². The molecule has 2 heterocycles. The fourth-order valence-electron chi connectivity index (χ4n) is 4.30. The van der Waals surface area contributed by atoms with Gasteiger partial charge in [0.25, 0.3) is 5.91 Å². The van der Waals surface area contributed by atoms with Gasteiger partial charge in [0.2, 0.25) is 5.91 Å². The Labute approximate surface area is 151 Å². The van der Waals surface area contributed by atoms with Gasteiger partial charge in [-0.15, -0.1) is 6.58 Å². The molecule has 0 aromatic heterocycles. The second-order valence-corrected chi connectivity index (χ2v) is 7.48. The zero-order chi connectivity index (χ0) is 18.5. The number of carbonyl (C=O) groups excluding carboxylic acids is 2. The molecule has 0 saturated carbocycles. The number of allylic oxidation sites excluding steroid dienone is 2. The first-order valence-corrected chi connectivity index (χ1v) is 9.54. The predicted octanol–water partition coefficient (Wildman–Crippen LogP) is 3.89. The van der Waals surface area contributed by atoms with Crippen molar-refractivity contribution in [1.82, 2.24) is 9.96 Å². The molecule has 2 rings (SSSR count). The van der Waals surface area contributed by atoms with Crippen molar-refractivity contribution in [2.75, 3.05) is 13.1 Å². The van der Waals surface area contributed by atoms with Crippen molar-refractivity contribution in [1.29, 1.82) is 0 Å². The lowest BCUT2D eigenvalue weighted by molar-refractivity contribution is -0.185. The highest BCUT2D eigenvalue weighted by atomic mass is 16.5. The topological polar surface area (TPSA) is 60.9 Å². The van der Waals surface area contributed by atoms with Crippen molar-refractivity contribution >= 4 is 11.8 Å². The first-order valence-electron chi connectivity index (χ1n) is 9.54. The molecular weight excluding hydrogens is 316 g/mol. The summed E-state index contributed by atoms with van der Waals surface area (Å²) in [6.07, 6.45) is 11.9. The number of hydroxylamine groups is 2. The van der Waals surface area contributed by atoms with Gasteiger partial charge in [-0.2, -0.15) is 0 Å². The molecule has 0 aliphatic carbocycles. The summed E-state index contributed by atoms with van der Waals surface area (Å²) < 4.78 is 0. The number of hydrogen-bond donors (Lipinski definition) is 1. The Hall–Kier alpha value is -1.62. The predicted molar refractivity (Wildman–Crippen MR) is 97.7 cm³/mol. The molecule has 0 unspecified atom stereocenters. The van der Waals surface area contributed by atoms with Crippen molar-refractivity contribution in [3.63, 3.8) is 0 Å². The van der Waals surface area contributed by atoms with Gasteiger partial charge in [0.05, 0.1) is 10.8 Å². The lowest BCUT2D eigenvalue weighted by Gasteiger charge is -2.40. The highest BCUT2D eigenvalue weighted by Crippen LogP contribution is 2.40. The Morgan fingerprint density at radius 3 is 2.24 bits per heavy atom. The molecule has 5 heteroatoms. The van der Waals surface area contributed by atoms with Crippen LogP contribution >= 0.6 is 0 Å². The van der Waals surface area contributed by atoms with E-state index in [9.17, 15) is 14.8 Å². The fourth-order valence-corrected chi connectivity index (χ4v) is 4.30. The standard InChI is InChI=1S/C20H32N2O3/c1-4-10-19(5-2)11-7-14-21(17(19)23)15-8-12-20(6-3)13-9-16-22(25)18(20)24/h4,8,15,25H,1,5-7,9-14,16H2,2-3H3/b15-8+/t19-,20-/m1/s1. The van der Waals surface area contributed by atoms with E-state index >= 15 is 0 Å². The molecular formula is C20H32N2O3. The van der Waals surface area contributed by atoms with Crippen LogP contribution in [-0.4, -0.2) is 40.1 Å². The summed E-state index contributed by atoms with van der Waals surface area (Å²) in [5.74, 6) is -0.0212. The summed E-state index contributed by atoms with van der Waals surface area (Å²) in [4.78, 5) is 27.1. The average Bonchev–Trinajstić information content (AvgIpc) is 2.62. The molecule has 140 valence electrons.